The molecular formula is C43H63N13O7. The second-order valence-corrected chi connectivity index (χ2v) is 17.1. The van der Waals surface area contributed by atoms with E-state index in [2.05, 4.69) is 59.3 Å². The molecule has 1 aliphatic carbocycles. The zero-order chi connectivity index (χ0) is 44.8. The Morgan fingerprint density at radius 2 is 1.25 bits per heavy atom. The molecule has 8 atom stereocenters. The molecule has 0 radical (unpaired) electrons. The van der Waals surface area contributed by atoms with Crippen molar-refractivity contribution in [2.45, 2.75) is 147 Å². The van der Waals surface area contributed by atoms with Crippen molar-refractivity contribution in [3.05, 3.63) is 46.8 Å². The number of nitrogens with zero attached hydrogens (tertiary/aromatic N) is 8. The van der Waals surface area contributed by atoms with Crippen LogP contribution in [0.1, 0.15) is 94.8 Å². The van der Waals surface area contributed by atoms with E-state index in [0.717, 1.165) is 37.7 Å². The number of carbonyl (C=O) groups excluding carboxylic acids is 5. The third kappa shape index (κ3) is 10.1. The number of hydrogen-bond donors (Lipinski definition) is 5. The van der Waals surface area contributed by atoms with E-state index in [0.29, 0.717) is 68.3 Å². The summed E-state index contributed by atoms with van der Waals surface area (Å²) in [5, 5.41) is 32.6. The summed E-state index contributed by atoms with van der Waals surface area (Å²) in [6.45, 7) is 9.36. The zero-order valence-corrected chi connectivity index (χ0v) is 37.3. The maximum absolute atomic E-state index is 14.5. The standard InChI is InChI=1S/C43H63N13O7/c1-25(44-5)39(57)47-35(42(60)53-18-9-10-19-53)27(3)62-23-32-37-38-33(50-52-56(38)22-21-55(37)51-49-32)24-63-28(4)36(48-40(58)26(2)45-6)43(61)54-20-12-17-34(54)41(59)46-31-16-11-14-29-13-7-8-15-30(29)31/h7-8,13,15,25-28,31,34-36,44-45H,9-12,14,16-24H2,1-6H3,(H,46,59)(H,47,57)(H,48,58)/t25-,26-,27+,28+,31+,34-,35-,36-/m0/s1. The maximum Gasteiger partial charge on any atom is 0.248 e. The summed E-state index contributed by atoms with van der Waals surface area (Å²) in [7, 11) is 3.34. The van der Waals surface area contributed by atoms with E-state index < -0.39 is 48.3 Å². The molecule has 63 heavy (non-hydrogen) atoms. The molecule has 0 unspecified atom stereocenters. The van der Waals surface area contributed by atoms with Crippen LogP contribution in [0.15, 0.2) is 24.3 Å². The lowest BCUT2D eigenvalue weighted by Crippen LogP contribution is -2.59. The molecule has 2 aromatic heterocycles. The number of rotatable bonds is 18. The zero-order valence-electron chi connectivity index (χ0n) is 37.3. The summed E-state index contributed by atoms with van der Waals surface area (Å²) >= 11 is 0. The Hall–Kier alpha value is -5.31. The lowest BCUT2D eigenvalue weighted by Gasteiger charge is -2.33. The van der Waals surface area contributed by atoms with Crippen LogP contribution in [0.3, 0.4) is 0 Å². The monoisotopic (exact) mass is 873 g/mol. The maximum atomic E-state index is 14.5. The van der Waals surface area contributed by atoms with E-state index in [1.54, 1.807) is 61.0 Å². The number of ether oxygens (including phenoxy) is 2. The largest absolute Gasteiger partial charge is 0.369 e. The molecule has 5 heterocycles. The molecule has 5 amide bonds. The minimum Gasteiger partial charge on any atom is -0.369 e. The molecule has 2 fully saturated rings. The molecular weight excluding hydrogens is 811 g/mol. The van der Waals surface area contributed by atoms with Crippen LogP contribution >= 0.6 is 0 Å². The summed E-state index contributed by atoms with van der Waals surface area (Å²) in [6, 6.07) is 4.19. The predicted molar refractivity (Wildman–Crippen MR) is 229 cm³/mol. The molecule has 342 valence electrons. The highest BCUT2D eigenvalue weighted by Gasteiger charge is 2.42. The number of likely N-dealkylation sites (tertiary alicyclic amines) is 2. The van der Waals surface area contributed by atoms with Crippen molar-refractivity contribution in [2.75, 3.05) is 33.7 Å². The first-order valence-corrected chi connectivity index (χ1v) is 22.4. The summed E-state index contributed by atoms with van der Waals surface area (Å²) < 4.78 is 16.2. The highest BCUT2D eigenvalue weighted by atomic mass is 16.5. The number of fused-ring (bicyclic) bond motifs is 4. The van der Waals surface area contributed by atoms with Gasteiger partial charge in [0.1, 0.15) is 40.9 Å². The Kier molecular flexibility index (Phi) is 14.8. The van der Waals surface area contributed by atoms with Crippen LogP contribution in [-0.2, 0) is 66.2 Å². The van der Waals surface area contributed by atoms with Gasteiger partial charge in [0.05, 0.1) is 56.6 Å². The fourth-order valence-electron chi connectivity index (χ4n) is 8.89. The topological polar surface area (TPSA) is 232 Å². The number of likely N-dealkylation sites (N-methyl/N-ethyl adjacent to an activating group) is 2. The second kappa shape index (κ2) is 20.5. The predicted octanol–water partition coefficient (Wildman–Crippen LogP) is 0.353. The van der Waals surface area contributed by atoms with Crippen molar-refractivity contribution in [1.82, 2.24) is 66.4 Å². The normalized spacial score (nSPS) is 21.0. The average Bonchev–Trinajstić information content (AvgIpc) is 4.15. The van der Waals surface area contributed by atoms with Crippen molar-refractivity contribution < 1.29 is 33.4 Å². The Morgan fingerprint density at radius 1 is 0.698 bits per heavy atom. The Balaban J connectivity index is 1.05. The minimum absolute atomic E-state index is 0.0241. The van der Waals surface area contributed by atoms with Crippen LogP contribution in [-0.4, -0.2) is 145 Å². The number of hydrogen-bond acceptors (Lipinski definition) is 13. The lowest BCUT2D eigenvalue weighted by atomic mass is 9.87. The summed E-state index contributed by atoms with van der Waals surface area (Å²) in [6.07, 6.45) is 4.16. The van der Waals surface area contributed by atoms with E-state index in [1.165, 1.54) is 5.56 Å². The van der Waals surface area contributed by atoms with Crippen molar-refractivity contribution in [2.24, 2.45) is 0 Å². The Bertz CT molecular complexity index is 2120. The van der Waals surface area contributed by atoms with E-state index in [-0.39, 0.29) is 42.9 Å². The SMILES string of the molecule is CN[C@@H](C)C(=O)N[C@H](C(=O)N1CCCC1)[C@@H](C)OCc1nnn2c1-c1c(CO[C@H](C)[C@H](NC(=O)[C@H](C)NC)C(=O)N3CCC[C@H]3C(=O)N[C@@H]3CCCc4ccccc43)nnn1CC2. The molecule has 1 aromatic carbocycles. The molecule has 3 aliphatic heterocycles. The van der Waals surface area contributed by atoms with Crippen molar-refractivity contribution in [3.8, 4) is 11.4 Å². The van der Waals surface area contributed by atoms with Gasteiger partial charge in [-0.15, -0.1) is 10.2 Å². The third-order valence-electron chi connectivity index (χ3n) is 13.0. The van der Waals surface area contributed by atoms with Crippen LogP contribution in [0.25, 0.3) is 11.4 Å². The first-order valence-electron chi connectivity index (χ1n) is 22.4. The summed E-state index contributed by atoms with van der Waals surface area (Å²) in [5.74, 6) is -1.51. The van der Waals surface area contributed by atoms with E-state index in [9.17, 15) is 24.0 Å². The Morgan fingerprint density at radius 3 is 1.83 bits per heavy atom. The number of nitrogens with one attached hydrogen (secondary N) is 5. The van der Waals surface area contributed by atoms with Gasteiger partial charge in [0.2, 0.25) is 29.5 Å². The van der Waals surface area contributed by atoms with E-state index >= 15 is 0 Å². The second-order valence-electron chi connectivity index (χ2n) is 17.1. The van der Waals surface area contributed by atoms with Crippen LogP contribution in [0.2, 0.25) is 0 Å². The summed E-state index contributed by atoms with van der Waals surface area (Å²) in [4.78, 5) is 71.7. The number of aromatic nitrogens is 6. The van der Waals surface area contributed by atoms with Crippen LogP contribution < -0.4 is 26.6 Å². The smallest absolute Gasteiger partial charge is 0.248 e. The van der Waals surface area contributed by atoms with Gasteiger partial charge in [-0.3, -0.25) is 24.0 Å². The first kappa shape index (κ1) is 45.7. The first-order chi connectivity index (χ1) is 30.4. The van der Waals surface area contributed by atoms with E-state index in [4.69, 9.17) is 9.47 Å². The quantitative estimate of drug-likeness (QED) is 0.116. The number of aryl methyl sites for hydroxylation is 3. The fraction of sp³-hybridized carbons (Fsp3) is 0.651. The molecule has 20 heteroatoms. The van der Waals surface area contributed by atoms with Gasteiger partial charge in [-0.1, -0.05) is 34.7 Å². The van der Waals surface area contributed by atoms with Crippen LogP contribution in [0, 0.1) is 0 Å². The van der Waals surface area contributed by atoms with Gasteiger partial charge in [-0.2, -0.15) is 0 Å². The van der Waals surface area contributed by atoms with Crippen LogP contribution in [0.4, 0.5) is 0 Å². The lowest BCUT2D eigenvalue weighted by molar-refractivity contribution is -0.145. The molecule has 0 bridgehead atoms. The van der Waals surface area contributed by atoms with Gasteiger partial charge < -0.3 is 45.9 Å². The third-order valence-corrected chi connectivity index (χ3v) is 13.0. The molecule has 0 spiro atoms. The molecule has 2 saturated heterocycles. The molecule has 0 saturated carbocycles. The Labute approximate surface area is 367 Å². The highest BCUT2D eigenvalue weighted by molar-refractivity contribution is 5.94. The highest BCUT2D eigenvalue weighted by Crippen LogP contribution is 2.32. The van der Waals surface area contributed by atoms with Gasteiger partial charge in [-0.05, 0) is 97.9 Å². The number of benzene rings is 1. The molecule has 4 aliphatic rings. The van der Waals surface area contributed by atoms with Crippen molar-refractivity contribution >= 4 is 29.5 Å². The van der Waals surface area contributed by atoms with Crippen molar-refractivity contribution in [3.63, 3.8) is 0 Å². The fourth-order valence-corrected chi connectivity index (χ4v) is 8.89. The molecule has 5 N–H and O–H groups in total. The van der Waals surface area contributed by atoms with Crippen LogP contribution in [0.5, 0.6) is 0 Å². The molecule has 3 aromatic rings. The van der Waals surface area contributed by atoms with Gasteiger partial charge >= 0.3 is 0 Å². The molecule has 7 rings (SSSR count). The van der Waals surface area contributed by atoms with Gasteiger partial charge in [0.15, 0.2) is 0 Å². The van der Waals surface area contributed by atoms with Crippen molar-refractivity contribution in [1.29, 1.82) is 0 Å². The molecule has 20 nitrogen and oxygen atoms in total. The van der Waals surface area contributed by atoms with Gasteiger partial charge in [0.25, 0.3) is 0 Å². The average molecular weight is 874 g/mol. The van der Waals surface area contributed by atoms with E-state index in [1.807, 2.05) is 12.1 Å². The number of amides is 5. The summed E-state index contributed by atoms with van der Waals surface area (Å²) in [5.41, 5.74) is 4.52. The van der Waals surface area contributed by atoms with Gasteiger partial charge in [-0.25, -0.2) is 9.36 Å². The van der Waals surface area contributed by atoms with Gasteiger partial charge in [0, 0.05) is 19.6 Å². The minimum atomic E-state index is -1.12. The number of carbonyl (C=O) groups is 5.